The highest BCUT2D eigenvalue weighted by Gasteiger charge is 2.14. The molecule has 0 saturated carbocycles. The molecule has 2 aromatic rings. The molecule has 0 radical (unpaired) electrons. The molecule has 2 rings (SSSR count). The summed E-state index contributed by atoms with van der Waals surface area (Å²) in [7, 11) is 1.61. The molecule has 0 fully saturated rings. The van der Waals surface area contributed by atoms with Crippen molar-refractivity contribution in [3.05, 3.63) is 71.0 Å². The Hall–Kier alpha value is -2.95. The number of rotatable bonds is 4. The second-order valence-electron chi connectivity index (χ2n) is 5.09. The first-order valence-corrected chi connectivity index (χ1v) is 6.94. The fourth-order valence-corrected chi connectivity index (χ4v) is 2.09. The normalized spacial score (nSPS) is 10.7. The number of anilines is 1. The molecule has 0 bridgehead atoms. The van der Waals surface area contributed by atoms with E-state index >= 15 is 0 Å². The van der Waals surface area contributed by atoms with E-state index in [2.05, 4.69) is 0 Å². The second kappa shape index (κ2) is 6.87. The van der Waals surface area contributed by atoms with Gasteiger partial charge in [0.25, 0.3) is 5.91 Å². The summed E-state index contributed by atoms with van der Waals surface area (Å²) < 4.78 is 13.3. The number of aryl methyl sites for hydroxylation is 1. The zero-order valence-electron chi connectivity index (χ0n) is 12.8. The molecule has 2 aromatic carbocycles. The molecule has 0 saturated heterocycles. The summed E-state index contributed by atoms with van der Waals surface area (Å²) in [5, 5.41) is 8.65. The Balaban J connectivity index is 2.27. The van der Waals surface area contributed by atoms with Crippen molar-refractivity contribution in [3.8, 4) is 0 Å². The van der Waals surface area contributed by atoms with E-state index in [-0.39, 0.29) is 11.7 Å². The van der Waals surface area contributed by atoms with Gasteiger partial charge in [0.1, 0.15) is 5.82 Å². The number of carboxylic acids is 1. The quantitative estimate of drug-likeness (QED) is 0.879. The fraction of sp³-hybridized carbons (Fsp3) is 0.111. The molecule has 23 heavy (non-hydrogen) atoms. The Morgan fingerprint density at radius 1 is 1.17 bits per heavy atom. The number of amides is 1. The Morgan fingerprint density at radius 3 is 2.57 bits per heavy atom. The van der Waals surface area contributed by atoms with Crippen LogP contribution in [-0.4, -0.2) is 24.0 Å². The van der Waals surface area contributed by atoms with Gasteiger partial charge < -0.3 is 10.0 Å². The smallest absolute Gasteiger partial charge is 0.328 e. The lowest BCUT2D eigenvalue weighted by molar-refractivity contribution is -0.131. The summed E-state index contributed by atoms with van der Waals surface area (Å²) >= 11 is 0. The molecule has 0 aliphatic rings. The van der Waals surface area contributed by atoms with Gasteiger partial charge in [0.15, 0.2) is 0 Å². The summed E-state index contributed by atoms with van der Waals surface area (Å²) in [6.07, 6.45) is 2.43. The second-order valence-corrected chi connectivity index (χ2v) is 5.09. The summed E-state index contributed by atoms with van der Waals surface area (Å²) in [5.74, 6) is -1.64. The van der Waals surface area contributed by atoms with Crippen LogP contribution in [0.25, 0.3) is 6.08 Å². The molecule has 1 amide bonds. The van der Waals surface area contributed by atoms with Crippen molar-refractivity contribution in [2.45, 2.75) is 6.92 Å². The number of halogens is 1. The van der Waals surface area contributed by atoms with Crippen molar-refractivity contribution in [3.63, 3.8) is 0 Å². The van der Waals surface area contributed by atoms with E-state index in [9.17, 15) is 14.0 Å². The third-order valence-corrected chi connectivity index (χ3v) is 3.39. The van der Waals surface area contributed by atoms with Crippen LogP contribution in [-0.2, 0) is 4.79 Å². The lowest BCUT2D eigenvalue weighted by atomic mass is 10.1. The van der Waals surface area contributed by atoms with Crippen LogP contribution in [0.2, 0.25) is 0 Å². The first-order valence-electron chi connectivity index (χ1n) is 6.94. The third-order valence-electron chi connectivity index (χ3n) is 3.39. The number of nitrogens with zero attached hydrogens (tertiary/aromatic N) is 1. The van der Waals surface area contributed by atoms with Gasteiger partial charge in [-0.05, 0) is 54.5 Å². The predicted molar refractivity (Wildman–Crippen MR) is 87.0 cm³/mol. The van der Waals surface area contributed by atoms with Crippen molar-refractivity contribution < 1.29 is 19.1 Å². The van der Waals surface area contributed by atoms with Crippen LogP contribution in [0.1, 0.15) is 21.5 Å². The van der Waals surface area contributed by atoms with Crippen LogP contribution in [0.5, 0.6) is 0 Å². The first kappa shape index (κ1) is 16.4. The zero-order chi connectivity index (χ0) is 17.0. The molecular weight excluding hydrogens is 297 g/mol. The van der Waals surface area contributed by atoms with Crippen LogP contribution < -0.4 is 4.90 Å². The van der Waals surface area contributed by atoms with Gasteiger partial charge in [-0.1, -0.05) is 12.1 Å². The average molecular weight is 313 g/mol. The Labute approximate surface area is 133 Å². The molecule has 0 spiro atoms. The minimum atomic E-state index is -1.05. The number of hydrogen-bond acceptors (Lipinski definition) is 2. The zero-order valence-corrected chi connectivity index (χ0v) is 12.8. The lowest BCUT2D eigenvalue weighted by Crippen LogP contribution is -2.26. The van der Waals surface area contributed by atoms with Crippen molar-refractivity contribution in [1.82, 2.24) is 0 Å². The van der Waals surface area contributed by atoms with Crippen LogP contribution in [0, 0.1) is 12.7 Å². The monoisotopic (exact) mass is 313 g/mol. The Kier molecular flexibility index (Phi) is 4.91. The van der Waals surface area contributed by atoms with Crippen molar-refractivity contribution in [2.75, 3.05) is 11.9 Å². The number of carboxylic acid groups (broad SMARTS) is 1. The van der Waals surface area contributed by atoms with Gasteiger partial charge in [0, 0.05) is 24.4 Å². The number of carbonyl (C=O) groups is 2. The topological polar surface area (TPSA) is 57.6 Å². The SMILES string of the molecule is Cc1cc(N(C)C(=O)c2cccc(/C=C/C(=O)O)c2)ccc1F. The molecule has 118 valence electrons. The molecule has 0 atom stereocenters. The standard InChI is InChI=1S/C18H16FNO3/c1-12-10-15(7-8-16(12)19)20(2)18(23)14-5-3-4-13(11-14)6-9-17(21)22/h3-11H,1-2H3,(H,21,22)/b9-6+. The molecule has 0 aliphatic heterocycles. The average Bonchev–Trinajstić information content (AvgIpc) is 2.54. The van der Waals surface area contributed by atoms with Gasteiger partial charge in [-0.15, -0.1) is 0 Å². The van der Waals surface area contributed by atoms with Gasteiger partial charge in [0.2, 0.25) is 0 Å². The number of carbonyl (C=O) groups excluding carboxylic acids is 1. The fourth-order valence-electron chi connectivity index (χ4n) is 2.09. The lowest BCUT2D eigenvalue weighted by Gasteiger charge is -2.18. The number of benzene rings is 2. The molecule has 0 aromatic heterocycles. The van der Waals surface area contributed by atoms with Crippen LogP contribution in [0.15, 0.2) is 48.5 Å². The van der Waals surface area contributed by atoms with Gasteiger partial charge in [-0.3, -0.25) is 4.79 Å². The number of hydrogen-bond donors (Lipinski definition) is 1. The molecule has 0 heterocycles. The molecule has 5 heteroatoms. The van der Waals surface area contributed by atoms with Crippen LogP contribution in [0.3, 0.4) is 0 Å². The van der Waals surface area contributed by atoms with Crippen molar-refractivity contribution in [2.24, 2.45) is 0 Å². The van der Waals surface area contributed by atoms with Crippen molar-refractivity contribution >= 4 is 23.6 Å². The molecular formula is C18H16FNO3. The van der Waals surface area contributed by atoms with Gasteiger partial charge in [-0.25, -0.2) is 9.18 Å². The van der Waals surface area contributed by atoms with Gasteiger partial charge >= 0.3 is 5.97 Å². The third kappa shape index (κ3) is 4.03. The molecule has 4 nitrogen and oxygen atoms in total. The van der Waals surface area contributed by atoms with Gasteiger partial charge in [0.05, 0.1) is 0 Å². The molecule has 0 unspecified atom stereocenters. The summed E-state index contributed by atoms with van der Waals surface area (Å²) in [6, 6.07) is 11.1. The maximum absolute atomic E-state index is 13.3. The first-order chi connectivity index (χ1) is 10.9. The summed E-state index contributed by atoms with van der Waals surface area (Å²) in [4.78, 5) is 24.5. The molecule has 0 aliphatic carbocycles. The summed E-state index contributed by atoms with van der Waals surface area (Å²) in [5.41, 5.74) is 2.07. The Bertz CT molecular complexity index is 784. The highest BCUT2D eigenvalue weighted by atomic mass is 19.1. The molecule has 1 N–H and O–H groups in total. The maximum atomic E-state index is 13.3. The van der Waals surface area contributed by atoms with Crippen LogP contribution >= 0.6 is 0 Å². The van der Waals surface area contributed by atoms with Gasteiger partial charge in [-0.2, -0.15) is 0 Å². The summed E-state index contributed by atoms with van der Waals surface area (Å²) in [6.45, 7) is 1.63. The predicted octanol–water partition coefficient (Wildman–Crippen LogP) is 3.51. The highest BCUT2D eigenvalue weighted by Crippen LogP contribution is 2.19. The minimum Gasteiger partial charge on any atom is -0.478 e. The van der Waals surface area contributed by atoms with E-state index in [0.29, 0.717) is 22.4 Å². The minimum absolute atomic E-state index is 0.262. The van der Waals surface area contributed by atoms with E-state index in [0.717, 1.165) is 6.08 Å². The van der Waals surface area contributed by atoms with E-state index in [4.69, 9.17) is 5.11 Å². The van der Waals surface area contributed by atoms with E-state index in [1.54, 1.807) is 44.3 Å². The highest BCUT2D eigenvalue weighted by molar-refractivity contribution is 6.06. The van der Waals surface area contributed by atoms with Crippen LogP contribution in [0.4, 0.5) is 10.1 Å². The number of aliphatic carboxylic acids is 1. The maximum Gasteiger partial charge on any atom is 0.328 e. The van der Waals surface area contributed by atoms with E-state index < -0.39 is 5.97 Å². The van der Waals surface area contributed by atoms with Crippen molar-refractivity contribution in [1.29, 1.82) is 0 Å². The van der Waals surface area contributed by atoms with E-state index in [1.807, 2.05) is 0 Å². The van der Waals surface area contributed by atoms with E-state index in [1.165, 1.54) is 23.1 Å². The largest absolute Gasteiger partial charge is 0.478 e. The Morgan fingerprint density at radius 2 is 1.91 bits per heavy atom.